The molecule has 1 amide bonds. The standard InChI is InChI=1S/C10H13NO2/c11-10(13)6-5-8-1-3-9(7-12)4-2-8/h1-4,12H,5-7H2,(H2,11,13). The quantitative estimate of drug-likeness (QED) is 0.710. The van der Waals surface area contributed by atoms with Crippen molar-refractivity contribution in [3.05, 3.63) is 35.4 Å². The molecule has 70 valence electrons. The van der Waals surface area contributed by atoms with Crippen LogP contribution in [0, 0.1) is 0 Å². The number of carbonyl (C=O) groups excluding carboxylic acids is 1. The lowest BCUT2D eigenvalue weighted by Gasteiger charge is -2.00. The second-order valence-corrected chi connectivity index (χ2v) is 2.94. The Bertz CT molecular complexity index is 279. The normalized spacial score (nSPS) is 9.92. The number of aliphatic hydroxyl groups is 1. The van der Waals surface area contributed by atoms with E-state index < -0.39 is 0 Å². The summed E-state index contributed by atoms with van der Waals surface area (Å²) in [6.45, 7) is 0.0517. The molecule has 0 aliphatic rings. The molecular weight excluding hydrogens is 166 g/mol. The lowest BCUT2D eigenvalue weighted by Crippen LogP contribution is -2.11. The Labute approximate surface area is 77.2 Å². The van der Waals surface area contributed by atoms with Crippen molar-refractivity contribution < 1.29 is 9.90 Å². The Kier molecular flexibility index (Phi) is 3.46. The molecule has 0 aliphatic heterocycles. The molecular formula is C10H13NO2. The summed E-state index contributed by atoms with van der Waals surface area (Å²) in [6, 6.07) is 7.48. The van der Waals surface area contributed by atoms with Crippen molar-refractivity contribution in [2.75, 3.05) is 0 Å². The fourth-order valence-electron chi connectivity index (χ4n) is 1.08. The van der Waals surface area contributed by atoms with Crippen molar-refractivity contribution in [3.63, 3.8) is 0 Å². The molecule has 0 spiro atoms. The number of benzene rings is 1. The van der Waals surface area contributed by atoms with E-state index in [0.29, 0.717) is 12.8 Å². The average molecular weight is 179 g/mol. The largest absolute Gasteiger partial charge is 0.392 e. The summed E-state index contributed by atoms with van der Waals surface area (Å²) >= 11 is 0. The molecule has 0 saturated heterocycles. The molecule has 0 aromatic heterocycles. The van der Waals surface area contributed by atoms with E-state index in [2.05, 4.69) is 0 Å². The SMILES string of the molecule is NC(=O)CCc1ccc(CO)cc1. The Morgan fingerprint density at radius 2 is 1.77 bits per heavy atom. The van der Waals surface area contributed by atoms with Crippen molar-refractivity contribution in [2.24, 2.45) is 5.73 Å². The van der Waals surface area contributed by atoms with Gasteiger partial charge >= 0.3 is 0 Å². The van der Waals surface area contributed by atoms with Crippen LogP contribution in [0.5, 0.6) is 0 Å². The highest BCUT2D eigenvalue weighted by atomic mass is 16.3. The van der Waals surface area contributed by atoms with Gasteiger partial charge in [-0.1, -0.05) is 24.3 Å². The number of carbonyl (C=O) groups is 1. The Morgan fingerprint density at radius 1 is 1.23 bits per heavy atom. The molecule has 3 N–H and O–H groups in total. The molecule has 0 aliphatic carbocycles. The Hall–Kier alpha value is -1.35. The number of amides is 1. The molecule has 1 rings (SSSR count). The molecule has 1 aromatic rings. The molecule has 0 heterocycles. The van der Waals surface area contributed by atoms with Crippen LogP contribution in [0.1, 0.15) is 17.5 Å². The minimum Gasteiger partial charge on any atom is -0.392 e. The first-order valence-electron chi connectivity index (χ1n) is 4.19. The predicted octanol–water partition coefficient (Wildman–Crippen LogP) is 0.597. The van der Waals surface area contributed by atoms with Crippen LogP contribution in [-0.2, 0) is 17.8 Å². The molecule has 1 aromatic carbocycles. The maximum Gasteiger partial charge on any atom is 0.217 e. The fraction of sp³-hybridized carbons (Fsp3) is 0.300. The number of aryl methyl sites for hydroxylation is 1. The zero-order chi connectivity index (χ0) is 9.68. The number of aliphatic hydroxyl groups excluding tert-OH is 1. The third-order valence-corrected chi connectivity index (χ3v) is 1.87. The first-order chi connectivity index (χ1) is 6.22. The topological polar surface area (TPSA) is 63.3 Å². The van der Waals surface area contributed by atoms with Gasteiger partial charge in [-0.2, -0.15) is 0 Å². The number of primary amides is 1. The molecule has 0 atom stereocenters. The van der Waals surface area contributed by atoms with Crippen molar-refractivity contribution in [1.82, 2.24) is 0 Å². The maximum absolute atomic E-state index is 10.5. The highest BCUT2D eigenvalue weighted by Gasteiger charge is 1.97. The van der Waals surface area contributed by atoms with E-state index >= 15 is 0 Å². The zero-order valence-corrected chi connectivity index (χ0v) is 7.36. The smallest absolute Gasteiger partial charge is 0.217 e. The van der Waals surface area contributed by atoms with E-state index in [1.165, 1.54) is 0 Å². The van der Waals surface area contributed by atoms with Crippen LogP contribution in [0.15, 0.2) is 24.3 Å². The van der Waals surface area contributed by atoms with Gasteiger partial charge in [0.25, 0.3) is 0 Å². The molecule has 0 unspecified atom stereocenters. The van der Waals surface area contributed by atoms with Crippen LogP contribution in [0.3, 0.4) is 0 Å². The van der Waals surface area contributed by atoms with Gasteiger partial charge in [-0.05, 0) is 17.5 Å². The number of hydrogen-bond donors (Lipinski definition) is 2. The van der Waals surface area contributed by atoms with Crippen molar-refractivity contribution in [1.29, 1.82) is 0 Å². The molecule has 13 heavy (non-hydrogen) atoms. The average Bonchev–Trinajstić information content (AvgIpc) is 2.15. The monoisotopic (exact) mass is 179 g/mol. The lowest BCUT2D eigenvalue weighted by molar-refractivity contribution is -0.117. The van der Waals surface area contributed by atoms with E-state index in [4.69, 9.17) is 10.8 Å². The molecule has 3 nitrogen and oxygen atoms in total. The van der Waals surface area contributed by atoms with Crippen molar-refractivity contribution >= 4 is 5.91 Å². The van der Waals surface area contributed by atoms with E-state index in [-0.39, 0.29) is 12.5 Å². The first-order valence-corrected chi connectivity index (χ1v) is 4.19. The van der Waals surface area contributed by atoms with E-state index in [1.54, 1.807) is 0 Å². The minimum absolute atomic E-state index is 0.0517. The van der Waals surface area contributed by atoms with Gasteiger partial charge in [-0.25, -0.2) is 0 Å². The van der Waals surface area contributed by atoms with Crippen LogP contribution in [0.2, 0.25) is 0 Å². The van der Waals surface area contributed by atoms with E-state index in [9.17, 15) is 4.79 Å². The molecule has 0 radical (unpaired) electrons. The Morgan fingerprint density at radius 3 is 2.23 bits per heavy atom. The summed E-state index contributed by atoms with van der Waals surface area (Å²) in [5, 5.41) is 8.77. The minimum atomic E-state index is -0.286. The number of rotatable bonds is 4. The number of hydrogen-bond acceptors (Lipinski definition) is 2. The third-order valence-electron chi connectivity index (χ3n) is 1.87. The van der Waals surface area contributed by atoms with Gasteiger partial charge in [0.05, 0.1) is 6.61 Å². The molecule has 0 bridgehead atoms. The summed E-state index contributed by atoms with van der Waals surface area (Å²) in [5.74, 6) is -0.286. The summed E-state index contributed by atoms with van der Waals surface area (Å²) in [6.07, 6.45) is 1.04. The third kappa shape index (κ3) is 3.25. The second kappa shape index (κ2) is 4.62. The van der Waals surface area contributed by atoms with Crippen LogP contribution in [0.4, 0.5) is 0 Å². The molecule has 0 saturated carbocycles. The van der Waals surface area contributed by atoms with Crippen molar-refractivity contribution in [3.8, 4) is 0 Å². The molecule has 0 fully saturated rings. The first kappa shape index (κ1) is 9.74. The highest BCUT2D eigenvalue weighted by molar-refractivity contribution is 5.73. The van der Waals surface area contributed by atoms with Gasteiger partial charge < -0.3 is 10.8 Å². The van der Waals surface area contributed by atoms with E-state index in [1.807, 2.05) is 24.3 Å². The molecule has 3 heteroatoms. The van der Waals surface area contributed by atoms with Crippen LogP contribution < -0.4 is 5.73 Å². The van der Waals surface area contributed by atoms with Gasteiger partial charge in [0.2, 0.25) is 5.91 Å². The maximum atomic E-state index is 10.5. The zero-order valence-electron chi connectivity index (χ0n) is 7.36. The second-order valence-electron chi connectivity index (χ2n) is 2.94. The van der Waals surface area contributed by atoms with Gasteiger partial charge in [-0.15, -0.1) is 0 Å². The summed E-state index contributed by atoms with van der Waals surface area (Å²) in [5.41, 5.74) is 6.96. The van der Waals surface area contributed by atoms with Gasteiger partial charge in [0.15, 0.2) is 0 Å². The van der Waals surface area contributed by atoms with Crippen molar-refractivity contribution in [2.45, 2.75) is 19.4 Å². The Balaban J connectivity index is 2.54. The summed E-state index contributed by atoms with van der Waals surface area (Å²) in [7, 11) is 0. The van der Waals surface area contributed by atoms with Gasteiger partial charge in [-0.3, -0.25) is 4.79 Å². The predicted molar refractivity (Wildman–Crippen MR) is 49.9 cm³/mol. The number of nitrogens with two attached hydrogens (primary N) is 1. The highest BCUT2D eigenvalue weighted by Crippen LogP contribution is 2.06. The van der Waals surface area contributed by atoms with E-state index in [0.717, 1.165) is 11.1 Å². The summed E-state index contributed by atoms with van der Waals surface area (Å²) < 4.78 is 0. The lowest BCUT2D eigenvalue weighted by atomic mass is 10.1. The van der Waals surface area contributed by atoms with Gasteiger partial charge in [0, 0.05) is 6.42 Å². The van der Waals surface area contributed by atoms with Crippen LogP contribution in [0.25, 0.3) is 0 Å². The van der Waals surface area contributed by atoms with Gasteiger partial charge in [0.1, 0.15) is 0 Å². The summed E-state index contributed by atoms with van der Waals surface area (Å²) in [4.78, 5) is 10.5. The fourth-order valence-corrected chi connectivity index (χ4v) is 1.08. The van der Waals surface area contributed by atoms with Crippen LogP contribution >= 0.6 is 0 Å². The van der Waals surface area contributed by atoms with Crippen LogP contribution in [-0.4, -0.2) is 11.0 Å².